The summed E-state index contributed by atoms with van der Waals surface area (Å²) in [4.78, 5) is 2.15. The zero-order chi connectivity index (χ0) is 13.5. The Morgan fingerprint density at radius 1 is 1.16 bits per heavy atom. The van der Waals surface area contributed by atoms with Gasteiger partial charge in [-0.05, 0) is 24.4 Å². The molecule has 0 bridgehead atoms. The summed E-state index contributed by atoms with van der Waals surface area (Å²) in [6, 6.07) is 10.1. The van der Waals surface area contributed by atoms with Crippen LogP contribution in [0, 0.1) is 0 Å². The normalized spacial score (nSPS) is 34.7. The molecule has 1 N–H and O–H groups in total. The number of nitrogens with zero attached hydrogens (tertiary/aromatic N) is 1. The molecule has 0 saturated carbocycles. The fourth-order valence-electron chi connectivity index (χ4n) is 3.25. The van der Waals surface area contributed by atoms with Gasteiger partial charge in [0.2, 0.25) is 0 Å². The average molecular weight is 281 g/mol. The smallest absolute Gasteiger partial charge is 0.154 e. The van der Waals surface area contributed by atoms with E-state index in [1.165, 1.54) is 5.56 Å². The predicted octanol–water partition coefficient (Wildman–Crippen LogP) is 0.634. The number of sulfone groups is 1. The van der Waals surface area contributed by atoms with Crippen molar-refractivity contribution in [2.24, 2.45) is 0 Å². The standard InChI is InChI=1S/C14H19NO3S/c16-14-10-19(17,18)9-13(14)15-7-6-12(8-15)11-4-2-1-3-5-11/h1-5,12-14,16H,6-10H2. The van der Waals surface area contributed by atoms with E-state index in [0.29, 0.717) is 5.92 Å². The molecule has 0 spiro atoms. The van der Waals surface area contributed by atoms with E-state index in [1.54, 1.807) is 0 Å². The van der Waals surface area contributed by atoms with Crippen molar-refractivity contribution in [3.8, 4) is 0 Å². The van der Waals surface area contributed by atoms with Gasteiger partial charge in [0.15, 0.2) is 9.84 Å². The Bertz CT molecular complexity index is 543. The summed E-state index contributed by atoms with van der Waals surface area (Å²) < 4.78 is 23.1. The quantitative estimate of drug-likeness (QED) is 0.864. The van der Waals surface area contributed by atoms with E-state index in [4.69, 9.17) is 0 Å². The number of hydrogen-bond donors (Lipinski definition) is 1. The van der Waals surface area contributed by atoms with E-state index in [-0.39, 0.29) is 17.5 Å². The maximum Gasteiger partial charge on any atom is 0.154 e. The van der Waals surface area contributed by atoms with Crippen LogP contribution in [0.25, 0.3) is 0 Å². The lowest BCUT2D eigenvalue weighted by molar-refractivity contribution is 0.0979. The average Bonchev–Trinajstić information content (AvgIpc) is 2.95. The molecule has 3 atom stereocenters. The first-order chi connectivity index (χ1) is 9.05. The number of aliphatic hydroxyl groups is 1. The van der Waals surface area contributed by atoms with Crippen LogP contribution in [-0.2, 0) is 9.84 Å². The lowest BCUT2D eigenvalue weighted by Gasteiger charge is -2.25. The minimum absolute atomic E-state index is 0.0792. The van der Waals surface area contributed by atoms with Gasteiger partial charge in [0.25, 0.3) is 0 Å². The maximum atomic E-state index is 11.6. The van der Waals surface area contributed by atoms with Gasteiger partial charge < -0.3 is 5.11 Å². The number of aliphatic hydroxyl groups excluding tert-OH is 1. The molecule has 3 rings (SSSR count). The molecule has 0 aromatic heterocycles. The summed E-state index contributed by atoms with van der Waals surface area (Å²) in [5.41, 5.74) is 1.31. The highest BCUT2D eigenvalue weighted by Gasteiger charge is 2.42. The number of likely N-dealkylation sites (tertiary alicyclic amines) is 1. The summed E-state index contributed by atoms with van der Waals surface area (Å²) in [6.45, 7) is 1.72. The maximum absolute atomic E-state index is 11.6. The van der Waals surface area contributed by atoms with Gasteiger partial charge in [-0.25, -0.2) is 8.42 Å². The molecule has 2 aliphatic rings. The van der Waals surface area contributed by atoms with Crippen LogP contribution >= 0.6 is 0 Å². The fourth-order valence-corrected chi connectivity index (χ4v) is 5.08. The SMILES string of the molecule is O=S1(=O)CC(O)C(N2CCC(c3ccccc3)C2)C1. The number of hydrogen-bond acceptors (Lipinski definition) is 4. The zero-order valence-electron chi connectivity index (χ0n) is 10.8. The Hall–Kier alpha value is -0.910. The minimum Gasteiger partial charge on any atom is -0.390 e. The summed E-state index contributed by atoms with van der Waals surface area (Å²) >= 11 is 0. The second-order valence-corrected chi connectivity index (χ2v) is 7.76. The third-order valence-corrected chi connectivity index (χ3v) is 5.95. The van der Waals surface area contributed by atoms with Gasteiger partial charge in [-0.2, -0.15) is 0 Å². The highest BCUT2D eigenvalue weighted by Crippen LogP contribution is 2.31. The van der Waals surface area contributed by atoms with E-state index < -0.39 is 15.9 Å². The minimum atomic E-state index is -3.06. The van der Waals surface area contributed by atoms with Gasteiger partial charge in [0.1, 0.15) is 0 Å². The molecule has 19 heavy (non-hydrogen) atoms. The molecule has 5 heteroatoms. The van der Waals surface area contributed by atoms with Crippen molar-refractivity contribution >= 4 is 9.84 Å². The Labute approximate surface area is 114 Å². The Kier molecular flexibility index (Phi) is 3.37. The van der Waals surface area contributed by atoms with E-state index >= 15 is 0 Å². The molecule has 4 nitrogen and oxygen atoms in total. The molecule has 0 aliphatic carbocycles. The van der Waals surface area contributed by atoms with Gasteiger partial charge in [-0.3, -0.25) is 4.90 Å². The van der Waals surface area contributed by atoms with E-state index in [1.807, 2.05) is 18.2 Å². The Morgan fingerprint density at radius 3 is 2.53 bits per heavy atom. The van der Waals surface area contributed by atoms with Crippen LogP contribution in [0.1, 0.15) is 17.9 Å². The predicted molar refractivity (Wildman–Crippen MR) is 73.8 cm³/mol. The molecule has 0 amide bonds. The zero-order valence-corrected chi connectivity index (χ0v) is 11.6. The van der Waals surface area contributed by atoms with Crippen LogP contribution < -0.4 is 0 Å². The molecular weight excluding hydrogens is 262 g/mol. The Balaban J connectivity index is 1.70. The molecule has 2 fully saturated rings. The third kappa shape index (κ3) is 2.68. The van der Waals surface area contributed by atoms with Gasteiger partial charge in [0.05, 0.1) is 23.7 Å². The largest absolute Gasteiger partial charge is 0.390 e. The van der Waals surface area contributed by atoms with Crippen molar-refractivity contribution in [1.29, 1.82) is 0 Å². The van der Waals surface area contributed by atoms with Crippen LogP contribution in [0.2, 0.25) is 0 Å². The van der Waals surface area contributed by atoms with Crippen LogP contribution in [0.15, 0.2) is 30.3 Å². The molecule has 1 aromatic carbocycles. The molecular formula is C14H19NO3S. The van der Waals surface area contributed by atoms with Crippen LogP contribution in [0.5, 0.6) is 0 Å². The third-order valence-electron chi connectivity index (χ3n) is 4.25. The topological polar surface area (TPSA) is 57.6 Å². The number of benzene rings is 1. The molecule has 0 radical (unpaired) electrons. The summed E-state index contributed by atoms with van der Waals surface area (Å²) in [7, 11) is -3.06. The van der Waals surface area contributed by atoms with E-state index in [0.717, 1.165) is 19.5 Å². The monoisotopic (exact) mass is 281 g/mol. The van der Waals surface area contributed by atoms with Gasteiger partial charge in [0, 0.05) is 6.54 Å². The first-order valence-corrected chi connectivity index (χ1v) is 8.55. The molecule has 2 saturated heterocycles. The summed E-state index contributed by atoms with van der Waals surface area (Å²) in [5.74, 6) is 0.483. The van der Waals surface area contributed by atoms with Crippen molar-refractivity contribution in [3.63, 3.8) is 0 Å². The number of rotatable bonds is 2. The van der Waals surface area contributed by atoms with Crippen LogP contribution in [-0.4, -0.2) is 55.2 Å². The van der Waals surface area contributed by atoms with Crippen molar-refractivity contribution in [3.05, 3.63) is 35.9 Å². The molecule has 3 unspecified atom stereocenters. The first kappa shape index (κ1) is 13.1. The highest BCUT2D eigenvalue weighted by atomic mass is 32.2. The molecule has 2 heterocycles. The van der Waals surface area contributed by atoms with Crippen LogP contribution in [0.3, 0.4) is 0 Å². The van der Waals surface area contributed by atoms with Crippen molar-refractivity contribution in [2.45, 2.75) is 24.5 Å². The molecule has 2 aliphatic heterocycles. The lowest BCUT2D eigenvalue weighted by atomic mass is 9.99. The van der Waals surface area contributed by atoms with Gasteiger partial charge in [-0.15, -0.1) is 0 Å². The first-order valence-electron chi connectivity index (χ1n) is 6.73. The lowest BCUT2D eigenvalue weighted by Crippen LogP contribution is -2.41. The van der Waals surface area contributed by atoms with E-state index in [2.05, 4.69) is 17.0 Å². The summed E-state index contributed by atoms with van der Waals surface area (Å²) in [6.07, 6.45) is 0.312. The Morgan fingerprint density at radius 2 is 1.89 bits per heavy atom. The molecule has 104 valence electrons. The fraction of sp³-hybridized carbons (Fsp3) is 0.571. The van der Waals surface area contributed by atoms with Gasteiger partial charge >= 0.3 is 0 Å². The second-order valence-electron chi connectivity index (χ2n) is 5.60. The van der Waals surface area contributed by atoms with Gasteiger partial charge in [-0.1, -0.05) is 30.3 Å². The molecule has 1 aromatic rings. The van der Waals surface area contributed by atoms with Crippen molar-refractivity contribution in [2.75, 3.05) is 24.6 Å². The highest BCUT2D eigenvalue weighted by molar-refractivity contribution is 7.91. The second kappa shape index (κ2) is 4.89. The van der Waals surface area contributed by atoms with Crippen molar-refractivity contribution in [1.82, 2.24) is 4.90 Å². The summed E-state index contributed by atoms with van der Waals surface area (Å²) in [5, 5.41) is 9.92. The van der Waals surface area contributed by atoms with Crippen LogP contribution in [0.4, 0.5) is 0 Å². The van der Waals surface area contributed by atoms with E-state index in [9.17, 15) is 13.5 Å². The van der Waals surface area contributed by atoms with Crippen molar-refractivity contribution < 1.29 is 13.5 Å².